The second-order valence-corrected chi connectivity index (χ2v) is 29.2. The minimum absolute atomic E-state index is 0.918. The van der Waals surface area contributed by atoms with Gasteiger partial charge in [0, 0.05) is 69.6 Å². The SMILES string of the molecule is c1cc(-c2ccc(-c3ccc4c(-c5ccc6ccccc6c5)c5ccccc5c(-c5ccc6ccccc6c5)c4c3)cc2)nc(-c2cncc3ccccc23)c1.c1ccc2cc(-c3c4ccccc4c(-c4ccc5ccccc5c4)c4cc(-c5ccc(-c6cncc(-c7cnc8ccccc8c7)c6)cc5)ccc34)ccc2c1. The van der Waals surface area contributed by atoms with E-state index >= 15 is 0 Å². The summed E-state index contributed by atoms with van der Waals surface area (Å²) in [7, 11) is 0. The molecule has 0 saturated heterocycles. The molecule has 0 fully saturated rings. The quantitative estimate of drug-likeness (QED) is 0.128. The van der Waals surface area contributed by atoms with Crippen LogP contribution in [0.25, 0.3) is 219 Å². The van der Waals surface area contributed by atoms with E-state index in [1.165, 1.54) is 147 Å². The molecular formula is C108H68N4. The molecule has 0 aliphatic rings. The molecule has 4 aromatic heterocycles. The summed E-state index contributed by atoms with van der Waals surface area (Å²) in [5.74, 6) is 0. The number of hydrogen-bond acceptors (Lipinski definition) is 4. The van der Waals surface area contributed by atoms with Gasteiger partial charge >= 0.3 is 0 Å². The van der Waals surface area contributed by atoms with E-state index in [0.29, 0.717) is 0 Å². The summed E-state index contributed by atoms with van der Waals surface area (Å²) >= 11 is 0. The lowest BCUT2D eigenvalue weighted by Gasteiger charge is -2.19. The highest BCUT2D eigenvalue weighted by atomic mass is 14.7. The Morgan fingerprint density at radius 1 is 0.152 bits per heavy atom. The highest BCUT2D eigenvalue weighted by Crippen LogP contribution is 2.49. The molecule has 0 atom stereocenters. The molecule has 0 radical (unpaired) electrons. The summed E-state index contributed by atoms with van der Waals surface area (Å²) in [6.45, 7) is 0. The van der Waals surface area contributed by atoms with Gasteiger partial charge in [0.2, 0.25) is 0 Å². The highest BCUT2D eigenvalue weighted by Gasteiger charge is 2.22. The number of hydrogen-bond donors (Lipinski definition) is 0. The number of pyridine rings is 4. The Balaban J connectivity index is 0.000000141. The summed E-state index contributed by atoms with van der Waals surface area (Å²) in [6.07, 6.45) is 9.62. The summed E-state index contributed by atoms with van der Waals surface area (Å²) in [5.41, 5.74) is 23.9. The second-order valence-electron chi connectivity index (χ2n) is 29.2. The molecule has 22 aromatic rings. The lowest BCUT2D eigenvalue weighted by Crippen LogP contribution is -1.92. The van der Waals surface area contributed by atoms with Crippen LogP contribution in [0.4, 0.5) is 0 Å². The van der Waals surface area contributed by atoms with Crippen LogP contribution in [0.2, 0.25) is 0 Å². The van der Waals surface area contributed by atoms with Crippen LogP contribution in [0.15, 0.2) is 413 Å². The molecule has 0 unspecified atom stereocenters. The molecule has 520 valence electrons. The van der Waals surface area contributed by atoms with Crippen LogP contribution in [-0.4, -0.2) is 19.9 Å². The van der Waals surface area contributed by atoms with Crippen LogP contribution >= 0.6 is 0 Å². The summed E-state index contributed by atoms with van der Waals surface area (Å²) in [4.78, 5) is 19.0. The van der Waals surface area contributed by atoms with Gasteiger partial charge < -0.3 is 0 Å². The summed E-state index contributed by atoms with van der Waals surface area (Å²) in [5, 5.41) is 23.3. The second kappa shape index (κ2) is 27.7. The fourth-order valence-electron chi connectivity index (χ4n) is 17.1. The van der Waals surface area contributed by atoms with Crippen molar-refractivity contribution < 1.29 is 0 Å². The monoisotopic (exact) mass is 1420 g/mol. The molecule has 0 aliphatic carbocycles. The Morgan fingerprint density at radius 2 is 0.473 bits per heavy atom. The predicted octanol–water partition coefficient (Wildman–Crippen LogP) is 29.2. The Morgan fingerprint density at radius 3 is 0.946 bits per heavy atom. The molecule has 0 N–H and O–H groups in total. The van der Waals surface area contributed by atoms with Gasteiger partial charge in [-0.05, 0) is 231 Å². The van der Waals surface area contributed by atoms with Crippen LogP contribution < -0.4 is 0 Å². The van der Waals surface area contributed by atoms with Crippen LogP contribution in [0.1, 0.15) is 0 Å². The molecule has 0 spiro atoms. The maximum atomic E-state index is 5.12. The lowest BCUT2D eigenvalue weighted by atomic mass is 9.84. The Kier molecular flexibility index (Phi) is 16.2. The van der Waals surface area contributed by atoms with Gasteiger partial charge in [-0.3, -0.25) is 15.0 Å². The Hall–Kier alpha value is -14.8. The molecule has 4 heteroatoms. The molecule has 0 aliphatic heterocycles. The largest absolute Gasteiger partial charge is 0.263 e. The number of aromatic nitrogens is 4. The van der Waals surface area contributed by atoms with Crippen LogP contribution in [0, 0.1) is 0 Å². The molecule has 18 aromatic carbocycles. The van der Waals surface area contributed by atoms with E-state index in [0.717, 1.165) is 72.0 Å². The summed E-state index contributed by atoms with van der Waals surface area (Å²) < 4.78 is 0. The standard InChI is InChI=1S/2C54H34N2/c1-3-11-39-27-43(23-21-35(39)9-1)53-48-14-6-7-15-49(48)54(44-24-22-36-10-2-4-12-40(36)28-44)51-31-41(25-26-50(51)53)37-17-19-38(20-18-37)45-30-46(33-55-32-45)47-29-42-13-5-8-16-52(42)56-34-47;1-3-12-39-30-42(26-22-35(39)10-1)53-46-16-7-8-17-47(46)54(43-27-23-36-11-2-4-13-40(36)31-43)49-32-41(28-29-48(49)53)37-20-24-38(25-21-37)51-18-9-19-52(56-51)50-34-55-33-44-14-5-6-15-45(44)50/h2*1-34H. The van der Waals surface area contributed by atoms with Crippen molar-refractivity contribution in [2.75, 3.05) is 0 Å². The third-order valence-electron chi connectivity index (χ3n) is 22.6. The van der Waals surface area contributed by atoms with Gasteiger partial charge in [-0.1, -0.05) is 315 Å². The zero-order valence-electron chi connectivity index (χ0n) is 61.0. The van der Waals surface area contributed by atoms with Crippen molar-refractivity contribution in [1.29, 1.82) is 0 Å². The van der Waals surface area contributed by atoms with Gasteiger partial charge in [0.25, 0.3) is 0 Å². The number of benzene rings is 18. The third-order valence-corrected chi connectivity index (χ3v) is 22.6. The van der Waals surface area contributed by atoms with Crippen molar-refractivity contribution in [1.82, 2.24) is 19.9 Å². The number of fused-ring (bicyclic) bond motifs is 10. The van der Waals surface area contributed by atoms with E-state index < -0.39 is 0 Å². The average molecular weight is 1420 g/mol. The normalized spacial score (nSPS) is 11.6. The van der Waals surface area contributed by atoms with Gasteiger partial charge in [-0.2, -0.15) is 0 Å². The van der Waals surface area contributed by atoms with Gasteiger partial charge in [0.05, 0.1) is 16.9 Å². The maximum Gasteiger partial charge on any atom is 0.0731 e. The molecule has 4 nitrogen and oxygen atoms in total. The van der Waals surface area contributed by atoms with Gasteiger partial charge in [-0.25, -0.2) is 4.98 Å². The van der Waals surface area contributed by atoms with Crippen molar-refractivity contribution in [3.63, 3.8) is 0 Å². The number of para-hydroxylation sites is 1. The maximum absolute atomic E-state index is 5.12. The third kappa shape index (κ3) is 11.9. The molecular weight excluding hydrogens is 1350 g/mol. The molecule has 22 rings (SSSR count). The van der Waals surface area contributed by atoms with Gasteiger partial charge in [-0.15, -0.1) is 0 Å². The predicted molar refractivity (Wildman–Crippen MR) is 473 cm³/mol. The zero-order valence-corrected chi connectivity index (χ0v) is 61.0. The first-order valence-corrected chi connectivity index (χ1v) is 38.2. The van der Waals surface area contributed by atoms with Crippen molar-refractivity contribution in [2.24, 2.45) is 0 Å². The smallest absolute Gasteiger partial charge is 0.0731 e. The van der Waals surface area contributed by atoms with E-state index in [9.17, 15) is 0 Å². The minimum Gasteiger partial charge on any atom is -0.263 e. The van der Waals surface area contributed by atoms with Gasteiger partial charge in [0.1, 0.15) is 0 Å². The minimum atomic E-state index is 0.918. The van der Waals surface area contributed by atoms with E-state index in [1.807, 2.05) is 49.2 Å². The number of rotatable bonds is 10. The van der Waals surface area contributed by atoms with Crippen molar-refractivity contribution >= 4 is 108 Å². The Labute approximate surface area is 648 Å². The van der Waals surface area contributed by atoms with Crippen molar-refractivity contribution in [3.05, 3.63) is 413 Å². The van der Waals surface area contributed by atoms with Crippen LogP contribution in [0.5, 0.6) is 0 Å². The van der Waals surface area contributed by atoms with Gasteiger partial charge in [0.15, 0.2) is 0 Å². The first kappa shape index (κ1) is 65.5. The molecule has 4 heterocycles. The average Bonchev–Trinajstić information content (AvgIpc) is 0.731. The lowest BCUT2D eigenvalue weighted by molar-refractivity contribution is 1.30. The molecule has 0 amide bonds. The fourth-order valence-corrected chi connectivity index (χ4v) is 17.1. The zero-order chi connectivity index (χ0) is 74.0. The van der Waals surface area contributed by atoms with E-state index in [4.69, 9.17) is 4.98 Å². The summed E-state index contributed by atoms with van der Waals surface area (Å²) in [6, 6.07) is 139. The molecule has 0 bridgehead atoms. The van der Waals surface area contributed by atoms with Crippen LogP contribution in [0.3, 0.4) is 0 Å². The topological polar surface area (TPSA) is 51.6 Å². The highest BCUT2D eigenvalue weighted by molar-refractivity contribution is 6.24. The van der Waals surface area contributed by atoms with E-state index in [1.54, 1.807) is 0 Å². The molecule has 0 saturated carbocycles. The van der Waals surface area contributed by atoms with Crippen molar-refractivity contribution in [3.8, 4) is 112 Å². The van der Waals surface area contributed by atoms with E-state index in [-0.39, 0.29) is 0 Å². The first-order valence-electron chi connectivity index (χ1n) is 38.2. The number of nitrogens with zero attached hydrogens (tertiary/aromatic N) is 4. The van der Waals surface area contributed by atoms with Crippen molar-refractivity contribution in [2.45, 2.75) is 0 Å². The molecule has 112 heavy (non-hydrogen) atoms. The Bertz CT molecular complexity index is 7490. The first-order chi connectivity index (χ1) is 55.5. The van der Waals surface area contributed by atoms with Crippen LogP contribution in [-0.2, 0) is 0 Å². The fraction of sp³-hybridized carbons (Fsp3) is 0. The van der Waals surface area contributed by atoms with E-state index in [2.05, 4.69) is 379 Å².